The van der Waals surface area contributed by atoms with Crippen molar-refractivity contribution in [2.24, 2.45) is 5.41 Å². The Morgan fingerprint density at radius 3 is 2.95 bits per heavy atom. The molecule has 1 aromatic rings. The lowest BCUT2D eigenvalue weighted by atomic mass is 9.85. The van der Waals surface area contributed by atoms with Gasteiger partial charge in [-0.25, -0.2) is 0 Å². The third-order valence-electron chi connectivity index (χ3n) is 4.11. The average Bonchev–Trinajstić information content (AvgIpc) is 3.10. The minimum atomic E-state index is -0.657. The van der Waals surface area contributed by atoms with Gasteiger partial charge in [0, 0.05) is 30.8 Å². The van der Waals surface area contributed by atoms with Crippen LogP contribution < -0.4 is 5.32 Å². The minimum absolute atomic E-state index is 0.0717. The molecule has 3 rings (SSSR count). The molecule has 2 aliphatic heterocycles. The molecule has 1 atom stereocenters. The van der Waals surface area contributed by atoms with E-state index in [4.69, 9.17) is 0 Å². The van der Waals surface area contributed by atoms with E-state index < -0.39 is 5.41 Å². The summed E-state index contributed by atoms with van der Waals surface area (Å²) in [5.41, 5.74) is -0.657. The Kier molecular flexibility index (Phi) is 3.33. The number of nitrogens with zero attached hydrogens (tertiary/aromatic N) is 1. The predicted octanol–water partition coefficient (Wildman–Crippen LogP) is 0.946. The molecule has 1 spiro atoms. The van der Waals surface area contributed by atoms with E-state index in [1.54, 1.807) is 16.2 Å². The van der Waals surface area contributed by atoms with Crippen LogP contribution >= 0.6 is 11.3 Å². The molecule has 0 aromatic carbocycles. The zero-order valence-electron chi connectivity index (χ0n) is 11.1. The van der Waals surface area contributed by atoms with E-state index in [0.717, 1.165) is 6.42 Å². The number of hydrogen-bond acceptors (Lipinski definition) is 4. The van der Waals surface area contributed by atoms with Crippen molar-refractivity contribution in [2.75, 3.05) is 13.1 Å². The molecule has 20 heavy (non-hydrogen) atoms. The number of carbonyl (C=O) groups excluding carboxylic acids is 3. The first kappa shape index (κ1) is 13.3. The molecule has 2 aliphatic rings. The molecule has 0 bridgehead atoms. The van der Waals surface area contributed by atoms with Crippen molar-refractivity contribution in [3.05, 3.63) is 22.4 Å². The number of nitrogens with one attached hydrogen (secondary N) is 1. The van der Waals surface area contributed by atoms with Crippen LogP contribution in [0.2, 0.25) is 0 Å². The van der Waals surface area contributed by atoms with E-state index in [1.807, 2.05) is 17.5 Å². The lowest BCUT2D eigenvalue weighted by Gasteiger charge is -2.20. The monoisotopic (exact) mass is 292 g/mol. The summed E-state index contributed by atoms with van der Waals surface area (Å²) >= 11 is 1.65. The number of thiophene rings is 1. The van der Waals surface area contributed by atoms with Gasteiger partial charge in [0.1, 0.15) is 0 Å². The molecule has 0 saturated carbocycles. The maximum atomic E-state index is 12.2. The topological polar surface area (TPSA) is 66.5 Å². The van der Waals surface area contributed by atoms with Crippen LogP contribution in [0, 0.1) is 5.41 Å². The molecule has 1 N–H and O–H groups in total. The largest absolute Gasteiger partial charge is 0.342 e. The van der Waals surface area contributed by atoms with E-state index >= 15 is 0 Å². The van der Waals surface area contributed by atoms with Crippen molar-refractivity contribution in [1.29, 1.82) is 0 Å². The van der Waals surface area contributed by atoms with Gasteiger partial charge in [-0.3, -0.25) is 19.7 Å². The molecule has 106 valence electrons. The van der Waals surface area contributed by atoms with Gasteiger partial charge in [0.05, 0.1) is 5.41 Å². The Morgan fingerprint density at radius 2 is 2.30 bits per heavy atom. The molecule has 3 heterocycles. The second-order valence-corrected chi connectivity index (χ2v) is 6.51. The van der Waals surface area contributed by atoms with E-state index in [-0.39, 0.29) is 24.1 Å². The smallest absolute Gasteiger partial charge is 0.235 e. The van der Waals surface area contributed by atoms with Crippen molar-refractivity contribution in [3.8, 4) is 0 Å². The summed E-state index contributed by atoms with van der Waals surface area (Å²) in [7, 11) is 0. The fourth-order valence-electron chi connectivity index (χ4n) is 2.95. The highest BCUT2D eigenvalue weighted by molar-refractivity contribution is 7.09. The van der Waals surface area contributed by atoms with Gasteiger partial charge < -0.3 is 4.90 Å². The summed E-state index contributed by atoms with van der Waals surface area (Å²) in [5.74, 6) is -0.360. The SMILES string of the molecule is O=C1CC2(CCN(C(=O)CCc3cccs3)C2)C(=O)N1. The third kappa shape index (κ3) is 2.35. The maximum Gasteiger partial charge on any atom is 0.235 e. The van der Waals surface area contributed by atoms with Crippen molar-refractivity contribution in [1.82, 2.24) is 10.2 Å². The quantitative estimate of drug-likeness (QED) is 0.843. The van der Waals surface area contributed by atoms with Crippen molar-refractivity contribution in [2.45, 2.75) is 25.7 Å². The molecule has 0 radical (unpaired) electrons. The molecule has 3 amide bonds. The zero-order chi connectivity index (χ0) is 14.2. The van der Waals surface area contributed by atoms with Gasteiger partial charge in [0.25, 0.3) is 0 Å². The lowest BCUT2D eigenvalue weighted by molar-refractivity contribution is -0.131. The standard InChI is InChI=1S/C14H16N2O3S/c17-11-8-14(13(19)15-11)5-6-16(9-14)12(18)4-3-10-2-1-7-20-10/h1-2,7H,3-6,8-9H2,(H,15,17,19). The van der Waals surface area contributed by atoms with Crippen LogP contribution in [0.5, 0.6) is 0 Å². The Morgan fingerprint density at radius 1 is 1.45 bits per heavy atom. The van der Waals surface area contributed by atoms with Gasteiger partial charge in [-0.2, -0.15) is 0 Å². The summed E-state index contributed by atoms with van der Waals surface area (Å²) in [6.45, 7) is 0.956. The predicted molar refractivity (Wildman–Crippen MR) is 74.0 cm³/mol. The van der Waals surface area contributed by atoms with Gasteiger partial charge in [0.15, 0.2) is 0 Å². The second kappa shape index (κ2) is 5.01. The van der Waals surface area contributed by atoms with Crippen molar-refractivity contribution >= 4 is 29.1 Å². The van der Waals surface area contributed by atoms with Crippen LogP contribution in [0.4, 0.5) is 0 Å². The molecule has 0 aliphatic carbocycles. The summed E-state index contributed by atoms with van der Waals surface area (Å²) in [4.78, 5) is 38.3. The van der Waals surface area contributed by atoms with Gasteiger partial charge in [0.2, 0.25) is 17.7 Å². The summed E-state index contributed by atoms with van der Waals surface area (Å²) in [6, 6.07) is 4.00. The Hall–Kier alpha value is -1.69. The highest BCUT2D eigenvalue weighted by Crippen LogP contribution is 2.37. The number of rotatable bonds is 3. The third-order valence-corrected chi connectivity index (χ3v) is 5.04. The van der Waals surface area contributed by atoms with Gasteiger partial charge in [-0.1, -0.05) is 6.07 Å². The minimum Gasteiger partial charge on any atom is -0.342 e. The number of hydrogen-bond donors (Lipinski definition) is 1. The molecule has 1 unspecified atom stereocenters. The molecule has 2 fully saturated rings. The van der Waals surface area contributed by atoms with Gasteiger partial charge in [-0.05, 0) is 24.3 Å². The number of likely N-dealkylation sites (tertiary alicyclic amines) is 1. The zero-order valence-corrected chi connectivity index (χ0v) is 11.9. The first-order chi connectivity index (χ1) is 9.59. The second-order valence-electron chi connectivity index (χ2n) is 5.48. The Balaban J connectivity index is 1.58. The molecule has 6 heteroatoms. The Bertz CT molecular complexity index is 555. The van der Waals surface area contributed by atoms with Crippen molar-refractivity contribution < 1.29 is 14.4 Å². The fourth-order valence-corrected chi connectivity index (χ4v) is 3.66. The summed E-state index contributed by atoms with van der Waals surface area (Å²) < 4.78 is 0. The fraction of sp³-hybridized carbons (Fsp3) is 0.500. The van der Waals surface area contributed by atoms with E-state index in [9.17, 15) is 14.4 Å². The number of imide groups is 1. The molecule has 1 aromatic heterocycles. The summed E-state index contributed by atoms with van der Waals surface area (Å²) in [6.07, 6.45) is 2.02. The van der Waals surface area contributed by atoms with E-state index in [2.05, 4.69) is 5.32 Å². The van der Waals surface area contributed by atoms with Crippen LogP contribution in [0.25, 0.3) is 0 Å². The maximum absolute atomic E-state index is 12.2. The number of aryl methyl sites for hydroxylation is 1. The van der Waals surface area contributed by atoms with Crippen LogP contribution in [-0.4, -0.2) is 35.7 Å². The molecule has 2 saturated heterocycles. The van der Waals surface area contributed by atoms with Gasteiger partial charge >= 0.3 is 0 Å². The number of carbonyl (C=O) groups is 3. The highest BCUT2D eigenvalue weighted by atomic mass is 32.1. The van der Waals surface area contributed by atoms with Crippen LogP contribution in [0.3, 0.4) is 0 Å². The first-order valence-electron chi connectivity index (χ1n) is 6.73. The van der Waals surface area contributed by atoms with Gasteiger partial charge in [-0.15, -0.1) is 11.3 Å². The van der Waals surface area contributed by atoms with Crippen LogP contribution in [-0.2, 0) is 20.8 Å². The Labute approximate surface area is 121 Å². The normalized spacial score (nSPS) is 25.5. The van der Waals surface area contributed by atoms with Crippen LogP contribution in [0.1, 0.15) is 24.1 Å². The average molecular weight is 292 g/mol. The number of amides is 3. The summed E-state index contributed by atoms with van der Waals surface area (Å²) in [5, 5.41) is 4.35. The molecular weight excluding hydrogens is 276 g/mol. The van der Waals surface area contributed by atoms with Crippen molar-refractivity contribution in [3.63, 3.8) is 0 Å². The molecular formula is C14H16N2O3S. The first-order valence-corrected chi connectivity index (χ1v) is 7.61. The highest BCUT2D eigenvalue weighted by Gasteiger charge is 2.51. The molecule has 5 nitrogen and oxygen atoms in total. The lowest BCUT2D eigenvalue weighted by Crippen LogP contribution is -2.36. The van der Waals surface area contributed by atoms with E-state index in [1.165, 1.54) is 4.88 Å². The van der Waals surface area contributed by atoms with E-state index in [0.29, 0.717) is 25.9 Å². The van der Waals surface area contributed by atoms with Crippen LogP contribution in [0.15, 0.2) is 17.5 Å².